The van der Waals surface area contributed by atoms with Gasteiger partial charge in [-0.2, -0.15) is 0 Å². The molecule has 50 valence electrons. The Kier molecular flexibility index (Phi) is 1.07. The maximum absolute atomic E-state index is 11.0. The third-order valence-electron chi connectivity index (χ3n) is 2.01. The summed E-state index contributed by atoms with van der Waals surface area (Å²) in [7, 11) is 0. The third kappa shape index (κ3) is 0.767. The Morgan fingerprint density at radius 3 is 3.00 bits per heavy atom. The maximum atomic E-state index is 11.0. The lowest BCUT2D eigenvalue weighted by Gasteiger charge is -2.19. The van der Waals surface area contributed by atoms with Gasteiger partial charge < -0.3 is 10.6 Å². The Hall–Kier alpha value is -0.410. The summed E-state index contributed by atoms with van der Waals surface area (Å²) in [5.74, 6) is 0.380. The van der Waals surface area contributed by atoms with Crippen molar-refractivity contribution in [2.24, 2.45) is 0 Å². The van der Waals surface area contributed by atoms with E-state index in [0.717, 1.165) is 19.5 Å². The van der Waals surface area contributed by atoms with Gasteiger partial charge >= 0.3 is 0 Å². The third-order valence-corrected chi connectivity index (χ3v) is 2.01. The van der Waals surface area contributed by atoms with Gasteiger partial charge in [-0.25, -0.2) is 0 Å². The van der Waals surface area contributed by atoms with E-state index in [0.29, 0.717) is 11.8 Å². The molecule has 2 N–H and O–H groups in total. The topological polar surface area (TPSA) is 41.1 Å². The molecule has 2 fully saturated rings. The number of fused-ring (bicyclic) bond motifs is 2. The van der Waals surface area contributed by atoms with Crippen LogP contribution in [0.25, 0.3) is 0 Å². The monoisotopic (exact) mass is 126 g/mol. The van der Waals surface area contributed by atoms with Gasteiger partial charge in [0.1, 0.15) is 0 Å². The minimum atomic E-state index is 0.128. The number of hydrogen-bond acceptors (Lipinski definition) is 3. The molecule has 0 amide bonds. The first kappa shape index (κ1) is 5.38. The van der Waals surface area contributed by atoms with E-state index in [-0.39, 0.29) is 6.04 Å². The summed E-state index contributed by atoms with van der Waals surface area (Å²) < 4.78 is 0. The molecule has 0 aliphatic carbocycles. The molecule has 2 rings (SSSR count). The predicted octanol–water partition coefficient (Wildman–Crippen LogP) is -1.11. The number of rotatable bonds is 0. The molecular weight excluding hydrogens is 116 g/mol. The summed E-state index contributed by atoms with van der Waals surface area (Å²) in [4.78, 5) is 11.0. The van der Waals surface area contributed by atoms with Gasteiger partial charge in [0.2, 0.25) is 0 Å². The highest BCUT2D eigenvalue weighted by Gasteiger charge is 2.34. The van der Waals surface area contributed by atoms with Gasteiger partial charge in [-0.1, -0.05) is 0 Å². The number of Topliss-reactive ketones (excluding diaryl/α,β-unsaturated/α-hetero) is 1. The molecule has 3 heteroatoms. The molecule has 2 heterocycles. The number of piperazine rings is 1. The highest BCUT2D eigenvalue weighted by atomic mass is 16.1. The zero-order valence-corrected chi connectivity index (χ0v) is 5.18. The molecule has 3 nitrogen and oxygen atoms in total. The average molecular weight is 126 g/mol. The first-order valence-electron chi connectivity index (χ1n) is 3.36. The minimum absolute atomic E-state index is 0.128. The molecular formula is C6H10N2O. The lowest BCUT2D eigenvalue weighted by molar-refractivity contribution is -0.118. The van der Waals surface area contributed by atoms with Crippen molar-refractivity contribution in [2.75, 3.05) is 13.1 Å². The van der Waals surface area contributed by atoms with Gasteiger partial charge in [0, 0.05) is 25.6 Å². The molecule has 0 spiro atoms. The first-order valence-corrected chi connectivity index (χ1v) is 3.36. The Bertz CT molecular complexity index is 146. The van der Waals surface area contributed by atoms with Crippen LogP contribution in [0.1, 0.15) is 6.42 Å². The molecule has 2 aliphatic rings. The van der Waals surface area contributed by atoms with E-state index in [1.807, 2.05) is 0 Å². The zero-order valence-electron chi connectivity index (χ0n) is 5.18. The van der Waals surface area contributed by atoms with E-state index in [1.165, 1.54) is 0 Å². The largest absolute Gasteiger partial charge is 0.313 e. The first-order chi connectivity index (χ1) is 4.36. The van der Waals surface area contributed by atoms with Crippen LogP contribution in [0.5, 0.6) is 0 Å². The number of nitrogens with one attached hydrogen (secondary N) is 2. The lowest BCUT2D eigenvalue weighted by Crippen LogP contribution is -2.49. The van der Waals surface area contributed by atoms with Crippen LogP contribution in [-0.2, 0) is 4.79 Å². The second kappa shape index (κ2) is 1.78. The molecule has 2 unspecified atom stereocenters. The molecule has 0 aromatic carbocycles. The van der Waals surface area contributed by atoms with E-state index in [1.54, 1.807) is 0 Å². The SMILES string of the molecule is O=C1CC2CNCC1N2. The summed E-state index contributed by atoms with van der Waals surface area (Å²) in [6.45, 7) is 1.79. The number of carbonyl (C=O) groups is 1. The van der Waals surface area contributed by atoms with Crippen molar-refractivity contribution in [2.45, 2.75) is 18.5 Å². The van der Waals surface area contributed by atoms with E-state index in [2.05, 4.69) is 10.6 Å². The summed E-state index contributed by atoms with van der Waals surface area (Å²) in [5, 5.41) is 6.42. The van der Waals surface area contributed by atoms with Crippen LogP contribution in [0.4, 0.5) is 0 Å². The molecule has 9 heavy (non-hydrogen) atoms. The Labute approximate surface area is 53.8 Å². The maximum Gasteiger partial charge on any atom is 0.152 e. The molecule has 0 aromatic heterocycles. The van der Waals surface area contributed by atoms with Crippen LogP contribution < -0.4 is 10.6 Å². The van der Waals surface area contributed by atoms with Crippen molar-refractivity contribution in [1.29, 1.82) is 0 Å². The van der Waals surface area contributed by atoms with Gasteiger partial charge in [0.15, 0.2) is 5.78 Å². The molecule has 2 saturated heterocycles. The van der Waals surface area contributed by atoms with Crippen molar-refractivity contribution in [3.63, 3.8) is 0 Å². The van der Waals surface area contributed by atoms with Crippen molar-refractivity contribution < 1.29 is 4.79 Å². The molecule has 2 atom stereocenters. The number of ketones is 1. The molecule has 0 aromatic rings. The fourth-order valence-corrected chi connectivity index (χ4v) is 1.53. The fourth-order valence-electron chi connectivity index (χ4n) is 1.53. The van der Waals surface area contributed by atoms with E-state index in [9.17, 15) is 4.79 Å². The minimum Gasteiger partial charge on any atom is -0.313 e. The molecule has 0 saturated carbocycles. The van der Waals surface area contributed by atoms with Crippen LogP contribution in [0, 0.1) is 0 Å². The van der Waals surface area contributed by atoms with E-state index >= 15 is 0 Å². The van der Waals surface area contributed by atoms with Crippen LogP contribution in [-0.4, -0.2) is 31.0 Å². The van der Waals surface area contributed by atoms with Crippen LogP contribution in [0.3, 0.4) is 0 Å². The number of carbonyl (C=O) groups excluding carboxylic acids is 1. The van der Waals surface area contributed by atoms with Crippen molar-refractivity contribution in [1.82, 2.24) is 10.6 Å². The highest BCUT2D eigenvalue weighted by molar-refractivity contribution is 5.87. The highest BCUT2D eigenvalue weighted by Crippen LogP contribution is 2.10. The second-order valence-corrected chi connectivity index (χ2v) is 2.74. The van der Waals surface area contributed by atoms with E-state index < -0.39 is 0 Å². The van der Waals surface area contributed by atoms with Crippen LogP contribution in [0.15, 0.2) is 0 Å². The second-order valence-electron chi connectivity index (χ2n) is 2.74. The van der Waals surface area contributed by atoms with Crippen molar-refractivity contribution in [3.05, 3.63) is 0 Å². The Morgan fingerprint density at radius 1 is 1.44 bits per heavy atom. The fraction of sp³-hybridized carbons (Fsp3) is 0.833. The summed E-state index contributed by atoms with van der Waals surface area (Å²) in [6.07, 6.45) is 0.734. The molecule has 0 radical (unpaired) electrons. The number of hydrogen-bond donors (Lipinski definition) is 2. The molecule has 2 aliphatic heterocycles. The quantitative estimate of drug-likeness (QED) is 0.432. The van der Waals surface area contributed by atoms with Gasteiger partial charge in [0.25, 0.3) is 0 Å². The van der Waals surface area contributed by atoms with Gasteiger partial charge in [-0.15, -0.1) is 0 Å². The zero-order chi connectivity index (χ0) is 6.27. The summed E-state index contributed by atoms with van der Waals surface area (Å²) in [6, 6.07) is 0.556. The predicted molar refractivity (Wildman–Crippen MR) is 33.2 cm³/mol. The summed E-state index contributed by atoms with van der Waals surface area (Å²) in [5.41, 5.74) is 0. The normalized spacial score (nSPS) is 41.6. The van der Waals surface area contributed by atoms with Crippen molar-refractivity contribution in [3.8, 4) is 0 Å². The van der Waals surface area contributed by atoms with E-state index in [4.69, 9.17) is 0 Å². The van der Waals surface area contributed by atoms with Gasteiger partial charge in [0.05, 0.1) is 6.04 Å². The van der Waals surface area contributed by atoms with Crippen LogP contribution >= 0.6 is 0 Å². The Morgan fingerprint density at radius 2 is 2.33 bits per heavy atom. The average Bonchev–Trinajstić information content (AvgIpc) is 2.09. The smallest absolute Gasteiger partial charge is 0.152 e. The van der Waals surface area contributed by atoms with Crippen LogP contribution in [0.2, 0.25) is 0 Å². The molecule has 2 bridgehead atoms. The van der Waals surface area contributed by atoms with Gasteiger partial charge in [-0.05, 0) is 0 Å². The standard InChI is InChI=1S/C6H10N2O/c9-6-1-4-2-7-3-5(6)8-4/h4-5,7-8H,1-3H2. The summed E-state index contributed by atoms with van der Waals surface area (Å²) >= 11 is 0. The van der Waals surface area contributed by atoms with Crippen molar-refractivity contribution >= 4 is 5.78 Å². The van der Waals surface area contributed by atoms with Gasteiger partial charge in [-0.3, -0.25) is 4.79 Å². The Balaban J connectivity index is 2.15. The lowest BCUT2D eigenvalue weighted by atomic mass is 10.2.